The van der Waals surface area contributed by atoms with Crippen LogP contribution in [0.2, 0.25) is 0 Å². The van der Waals surface area contributed by atoms with E-state index < -0.39 is 38.3 Å². The van der Waals surface area contributed by atoms with Crippen molar-refractivity contribution in [3.05, 3.63) is 141 Å². The molecule has 1 aliphatic rings. The second-order valence-corrected chi connectivity index (χ2v) is 16.3. The Bertz CT molecular complexity index is 2410. The van der Waals surface area contributed by atoms with E-state index in [0.717, 1.165) is 29.3 Å². The zero-order valence-electron chi connectivity index (χ0n) is 31.4. The van der Waals surface area contributed by atoms with Gasteiger partial charge in [-0.25, -0.2) is 36.0 Å². The summed E-state index contributed by atoms with van der Waals surface area (Å²) in [5.41, 5.74) is 3.73. The summed E-state index contributed by atoms with van der Waals surface area (Å²) in [6.07, 6.45) is 2.46. The molecule has 1 aliphatic carbocycles. The molecular weight excluding hydrogens is 778 g/mol. The first-order valence-electron chi connectivity index (χ1n) is 18.2. The number of sulfonamides is 1. The number of carbonyl (C=O) groups excluding carboxylic acids is 1. The number of ether oxygens (including phenoxy) is 3. The Morgan fingerprint density at radius 1 is 0.860 bits per heavy atom. The molecule has 0 amide bonds. The molecule has 1 fully saturated rings. The van der Waals surface area contributed by atoms with Gasteiger partial charge in [-0.1, -0.05) is 24.3 Å². The minimum absolute atomic E-state index is 0.0412. The Morgan fingerprint density at radius 3 is 1.96 bits per heavy atom. The van der Waals surface area contributed by atoms with Gasteiger partial charge in [-0.05, 0) is 109 Å². The summed E-state index contributed by atoms with van der Waals surface area (Å²) < 4.78 is 93.7. The first-order valence-corrected chi connectivity index (χ1v) is 20.5. The molecular formula is C42H39F3N4O6S2. The van der Waals surface area contributed by atoms with Crippen LogP contribution >= 0.6 is 11.3 Å². The Labute approximate surface area is 332 Å². The van der Waals surface area contributed by atoms with Gasteiger partial charge in [-0.15, -0.1) is 11.3 Å². The highest BCUT2D eigenvalue weighted by Gasteiger charge is 2.33. The van der Waals surface area contributed by atoms with Gasteiger partial charge in [0.1, 0.15) is 29.0 Å². The molecule has 0 radical (unpaired) electrons. The lowest BCUT2D eigenvalue weighted by molar-refractivity contribution is 0.0520. The molecule has 0 spiro atoms. The van der Waals surface area contributed by atoms with E-state index in [9.17, 15) is 17.6 Å². The molecule has 0 N–H and O–H groups in total. The van der Waals surface area contributed by atoms with Crippen molar-refractivity contribution >= 4 is 27.3 Å². The standard InChI is InChI=1S/C42H39F3N4O6S2/c1-4-55-41(50)37-25-56-42(46-37)49-38(22-26-5-6-26)34(39(47-49)30-11-13-31(43)14-12-30)19-29-20-35(44)40(36(45)21-29)57(51,52)48(23-27-7-15-32(53-2)16-8-27)24-28-9-17-33(54-3)18-10-28/h7-18,20-21,25-26H,4-6,19,22-24H2,1-3H3. The number of carbonyl (C=O) groups is 1. The van der Waals surface area contributed by atoms with E-state index in [1.165, 1.54) is 37.7 Å². The van der Waals surface area contributed by atoms with E-state index >= 15 is 8.78 Å². The van der Waals surface area contributed by atoms with E-state index in [0.29, 0.717) is 62.6 Å². The van der Waals surface area contributed by atoms with Crippen LogP contribution in [0.1, 0.15) is 58.2 Å². The lowest BCUT2D eigenvalue weighted by Crippen LogP contribution is -2.31. The first-order chi connectivity index (χ1) is 27.5. The number of hydrogen-bond acceptors (Lipinski definition) is 9. The SMILES string of the molecule is CCOC(=O)c1csc(-n2nc(-c3ccc(F)cc3)c(Cc3cc(F)c(S(=O)(=O)N(Cc4ccc(OC)cc4)Cc4ccc(OC)cc4)c(F)c3)c2CC2CC2)n1. The molecule has 2 aromatic heterocycles. The van der Waals surface area contributed by atoms with Crippen LogP contribution in [0.15, 0.2) is 95.2 Å². The normalized spacial score (nSPS) is 12.9. The fourth-order valence-electron chi connectivity index (χ4n) is 6.52. The van der Waals surface area contributed by atoms with Gasteiger partial charge in [-0.2, -0.15) is 9.40 Å². The molecule has 0 saturated heterocycles. The topological polar surface area (TPSA) is 113 Å². The number of thiazole rings is 1. The quantitative estimate of drug-likeness (QED) is 0.0894. The van der Waals surface area contributed by atoms with E-state index in [-0.39, 0.29) is 37.4 Å². The summed E-state index contributed by atoms with van der Waals surface area (Å²) in [4.78, 5) is 15.9. The van der Waals surface area contributed by atoms with Crippen molar-refractivity contribution in [3.63, 3.8) is 0 Å². The average molecular weight is 817 g/mol. The van der Waals surface area contributed by atoms with Gasteiger partial charge in [-0.3, -0.25) is 0 Å². The average Bonchev–Trinajstić information content (AvgIpc) is 3.77. The van der Waals surface area contributed by atoms with Gasteiger partial charge < -0.3 is 14.2 Å². The first kappa shape index (κ1) is 39.7. The number of benzene rings is 4. The molecule has 6 aromatic rings. The highest BCUT2D eigenvalue weighted by atomic mass is 32.2. The molecule has 4 aromatic carbocycles. The van der Waals surface area contributed by atoms with Gasteiger partial charge in [0.25, 0.3) is 0 Å². The van der Waals surface area contributed by atoms with E-state index in [4.69, 9.17) is 19.3 Å². The fourth-order valence-corrected chi connectivity index (χ4v) is 8.80. The second-order valence-electron chi connectivity index (χ2n) is 13.6. The molecule has 10 nitrogen and oxygen atoms in total. The van der Waals surface area contributed by atoms with Crippen molar-refractivity contribution in [1.29, 1.82) is 0 Å². The van der Waals surface area contributed by atoms with Crippen molar-refractivity contribution in [2.75, 3.05) is 20.8 Å². The molecule has 0 atom stereocenters. The van der Waals surface area contributed by atoms with Gasteiger partial charge in [0.05, 0.1) is 32.2 Å². The van der Waals surface area contributed by atoms with E-state index in [1.54, 1.807) is 77.6 Å². The summed E-state index contributed by atoms with van der Waals surface area (Å²) in [7, 11) is -1.74. The summed E-state index contributed by atoms with van der Waals surface area (Å²) in [5, 5.41) is 6.84. The number of halogens is 3. The predicted molar refractivity (Wildman–Crippen MR) is 209 cm³/mol. The number of nitrogens with zero attached hydrogens (tertiary/aromatic N) is 4. The van der Waals surface area contributed by atoms with E-state index in [1.807, 2.05) is 0 Å². The highest BCUT2D eigenvalue weighted by molar-refractivity contribution is 7.89. The van der Waals surface area contributed by atoms with Crippen molar-refractivity contribution in [2.24, 2.45) is 5.92 Å². The molecule has 7 rings (SSSR count). The van der Waals surface area contributed by atoms with Crippen LogP contribution in [0.3, 0.4) is 0 Å². The maximum Gasteiger partial charge on any atom is 0.357 e. The molecule has 0 aliphatic heterocycles. The van der Waals surface area contributed by atoms with Crippen molar-refractivity contribution in [2.45, 2.75) is 50.6 Å². The summed E-state index contributed by atoms with van der Waals surface area (Å²) in [5.74, 6) is -2.08. The highest BCUT2D eigenvalue weighted by Crippen LogP contribution is 2.39. The third-order valence-corrected chi connectivity index (χ3v) is 12.3. The lowest BCUT2D eigenvalue weighted by Gasteiger charge is -2.23. The molecule has 57 heavy (non-hydrogen) atoms. The van der Waals surface area contributed by atoms with Gasteiger partial charge in [0, 0.05) is 36.0 Å². The van der Waals surface area contributed by atoms with Crippen LogP contribution in [0, 0.1) is 23.4 Å². The van der Waals surface area contributed by atoms with Crippen molar-refractivity contribution in [3.8, 4) is 27.9 Å². The van der Waals surface area contributed by atoms with Crippen molar-refractivity contribution < 1.29 is 40.6 Å². The summed E-state index contributed by atoms with van der Waals surface area (Å²) >= 11 is 1.19. The fraction of sp³-hybridized carbons (Fsp3) is 0.262. The van der Waals surface area contributed by atoms with Crippen LogP contribution in [0.25, 0.3) is 16.4 Å². The monoisotopic (exact) mass is 816 g/mol. The van der Waals surface area contributed by atoms with Gasteiger partial charge in [0.2, 0.25) is 15.2 Å². The number of esters is 1. The third kappa shape index (κ3) is 8.90. The second kappa shape index (κ2) is 16.9. The van der Waals surface area contributed by atoms with E-state index in [2.05, 4.69) is 4.98 Å². The zero-order chi connectivity index (χ0) is 40.3. The maximum absolute atomic E-state index is 16.4. The Kier molecular flexibility index (Phi) is 11.8. The molecule has 0 unspecified atom stereocenters. The minimum Gasteiger partial charge on any atom is -0.497 e. The number of hydrogen-bond donors (Lipinski definition) is 0. The zero-order valence-corrected chi connectivity index (χ0v) is 33.0. The van der Waals surface area contributed by atoms with Crippen LogP contribution in [0.5, 0.6) is 11.5 Å². The number of aromatic nitrogens is 3. The van der Waals surface area contributed by atoms with Crippen LogP contribution in [-0.4, -0.2) is 54.3 Å². The summed E-state index contributed by atoms with van der Waals surface area (Å²) in [6.45, 7) is 1.51. The van der Waals surface area contributed by atoms with Crippen LogP contribution < -0.4 is 9.47 Å². The minimum atomic E-state index is -4.77. The maximum atomic E-state index is 16.4. The third-order valence-electron chi connectivity index (χ3n) is 9.62. The number of rotatable bonds is 16. The molecule has 0 bridgehead atoms. The molecule has 15 heteroatoms. The summed E-state index contributed by atoms with van der Waals surface area (Å²) in [6, 6.07) is 21.2. The smallest absolute Gasteiger partial charge is 0.357 e. The Hall–Kier alpha value is -5.51. The van der Waals surface area contributed by atoms with Gasteiger partial charge >= 0.3 is 5.97 Å². The van der Waals surface area contributed by atoms with Crippen molar-refractivity contribution in [1.82, 2.24) is 19.1 Å². The number of methoxy groups -OCH3 is 2. The molecule has 1 saturated carbocycles. The van der Waals surface area contributed by atoms with Gasteiger partial charge in [0.15, 0.2) is 10.6 Å². The van der Waals surface area contributed by atoms with Crippen LogP contribution in [0.4, 0.5) is 13.2 Å². The Morgan fingerprint density at radius 2 is 1.44 bits per heavy atom. The van der Waals surface area contributed by atoms with Crippen LogP contribution in [-0.2, 0) is 40.7 Å². The Balaban J connectivity index is 1.28. The molecule has 296 valence electrons. The molecule has 2 heterocycles. The lowest BCUT2D eigenvalue weighted by atomic mass is 9.97. The largest absolute Gasteiger partial charge is 0.497 e. The predicted octanol–water partition coefficient (Wildman–Crippen LogP) is 8.54.